The van der Waals surface area contributed by atoms with Crippen LogP contribution in [0.1, 0.15) is 47.3 Å². The molecule has 0 aliphatic heterocycles. The molecule has 3 N–H and O–H groups in total. The Morgan fingerprint density at radius 1 is 1.47 bits per heavy atom. The number of nitrogens with one attached hydrogen (secondary N) is 1. The first-order valence-electron chi connectivity index (χ1n) is 6.88. The Bertz CT molecular complexity index is 464. The van der Waals surface area contributed by atoms with Crippen LogP contribution in [0, 0.1) is 0 Å². The number of hydrogen-bond donors (Lipinski definition) is 2. The number of carbonyl (C=O) groups excluding carboxylic acids is 1. The van der Waals surface area contributed by atoms with Crippen LogP contribution in [0.5, 0.6) is 0 Å². The molecule has 0 radical (unpaired) electrons. The zero-order valence-corrected chi connectivity index (χ0v) is 12.8. The summed E-state index contributed by atoms with van der Waals surface area (Å²) in [6.45, 7) is 3.74. The number of ketones is 1. The number of nitrogens with zero attached hydrogens (tertiary/aromatic N) is 1. The van der Waals surface area contributed by atoms with Gasteiger partial charge in [-0.2, -0.15) is 0 Å². The van der Waals surface area contributed by atoms with Crippen LogP contribution >= 0.6 is 11.3 Å². The number of anilines is 2. The van der Waals surface area contributed by atoms with E-state index < -0.39 is 0 Å². The molecule has 5 heteroatoms. The number of carbonyl (C=O) groups is 1. The van der Waals surface area contributed by atoms with E-state index in [9.17, 15) is 4.79 Å². The van der Waals surface area contributed by atoms with E-state index in [0.717, 1.165) is 28.7 Å². The van der Waals surface area contributed by atoms with Crippen molar-refractivity contribution in [1.29, 1.82) is 0 Å². The minimum atomic E-state index is 0.157. The average molecular weight is 281 g/mol. The summed E-state index contributed by atoms with van der Waals surface area (Å²) < 4.78 is 0. The Morgan fingerprint density at radius 3 is 2.68 bits per heavy atom. The monoisotopic (exact) mass is 281 g/mol. The van der Waals surface area contributed by atoms with Gasteiger partial charge in [0, 0.05) is 25.1 Å². The number of Topliss-reactive ketones (excluding diaryl/α,β-unsaturated/α-hetero) is 1. The van der Waals surface area contributed by atoms with Gasteiger partial charge in [0.1, 0.15) is 0 Å². The molecule has 1 heterocycles. The third-order valence-corrected chi connectivity index (χ3v) is 4.61. The van der Waals surface area contributed by atoms with Crippen LogP contribution in [0.25, 0.3) is 0 Å². The van der Waals surface area contributed by atoms with Crippen LogP contribution in [0.4, 0.5) is 10.7 Å². The van der Waals surface area contributed by atoms with E-state index in [1.54, 1.807) is 0 Å². The van der Waals surface area contributed by atoms with Crippen LogP contribution in [0.2, 0.25) is 0 Å². The van der Waals surface area contributed by atoms with Gasteiger partial charge >= 0.3 is 0 Å². The van der Waals surface area contributed by atoms with Crippen molar-refractivity contribution in [3.05, 3.63) is 10.4 Å². The molecule has 0 saturated heterocycles. The first kappa shape index (κ1) is 14.3. The van der Waals surface area contributed by atoms with E-state index in [4.69, 9.17) is 5.73 Å². The van der Waals surface area contributed by atoms with Crippen LogP contribution in [0.3, 0.4) is 0 Å². The van der Waals surface area contributed by atoms with Crippen LogP contribution < -0.4 is 11.1 Å². The Labute approximate surface area is 119 Å². The van der Waals surface area contributed by atoms with Gasteiger partial charge in [-0.3, -0.25) is 4.79 Å². The molecular weight excluding hydrogens is 258 g/mol. The quantitative estimate of drug-likeness (QED) is 0.755. The fourth-order valence-electron chi connectivity index (χ4n) is 2.13. The maximum atomic E-state index is 11.9. The summed E-state index contributed by atoms with van der Waals surface area (Å²) >= 11 is 1.53. The molecule has 0 spiro atoms. The van der Waals surface area contributed by atoms with E-state index in [-0.39, 0.29) is 5.78 Å². The van der Waals surface area contributed by atoms with E-state index in [1.807, 2.05) is 6.92 Å². The van der Waals surface area contributed by atoms with Gasteiger partial charge in [0.05, 0.1) is 15.6 Å². The Balaban J connectivity index is 2.18. The highest BCUT2D eigenvalue weighted by molar-refractivity contribution is 7.18. The van der Waals surface area contributed by atoms with Crippen molar-refractivity contribution in [1.82, 2.24) is 4.90 Å². The number of likely N-dealkylation sites (N-methyl/N-ethyl adjacent to an activating group) is 1. The molecule has 1 aromatic rings. The van der Waals surface area contributed by atoms with Crippen molar-refractivity contribution in [2.45, 2.75) is 32.1 Å². The highest BCUT2D eigenvalue weighted by Gasteiger charge is 2.32. The Kier molecular flexibility index (Phi) is 4.47. The van der Waals surface area contributed by atoms with E-state index >= 15 is 0 Å². The van der Waals surface area contributed by atoms with Crippen molar-refractivity contribution >= 4 is 27.8 Å². The number of thiophene rings is 1. The van der Waals surface area contributed by atoms with Gasteiger partial charge in [0.25, 0.3) is 0 Å². The minimum Gasteiger partial charge on any atom is -0.397 e. The van der Waals surface area contributed by atoms with Crippen molar-refractivity contribution in [3.63, 3.8) is 0 Å². The first-order valence-corrected chi connectivity index (χ1v) is 7.70. The first-order chi connectivity index (χ1) is 9.04. The standard InChI is InChI=1S/C14H23N3OS/c1-4-10(18)13-12(15)11(9-5-6-9)14(19-13)16-7-8-17(2)3/h9,16H,4-8,15H2,1-3H3. The number of rotatable bonds is 7. The molecular formula is C14H23N3OS. The van der Waals surface area contributed by atoms with E-state index in [1.165, 1.54) is 29.7 Å². The summed E-state index contributed by atoms with van der Waals surface area (Å²) in [4.78, 5) is 14.8. The van der Waals surface area contributed by atoms with E-state index in [2.05, 4.69) is 24.3 Å². The van der Waals surface area contributed by atoms with Crippen LogP contribution in [-0.4, -0.2) is 37.9 Å². The summed E-state index contributed by atoms with van der Waals surface area (Å²) in [5.74, 6) is 0.724. The fourth-order valence-corrected chi connectivity index (χ4v) is 3.37. The van der Waals surface area contributed by atoms with Crippen molar-refractivity contribution < 1.29 is 4.79 Å². The highest BCUT2D eigenvalue weighted by atomic mass is 32.1. The third-order valence-electron chi connectivity index (χ3n) is 3.39. The molecule has 0 aromatic carbocycles. The summed E-state index contributed by atoms with van der Waals surface area (Å²) in [6.07, 6.45) is 2.91. The third kappa shape index (κ3) is 3.28. The van der Waals surface area contributed by atoms with Gasteiger partial charge in [-0.15, -0.1) is 11.3 Å². The molecule has 19 heavy (non-hydrogen) atoms. The number of nitrogens with two attached hydrogens (primary N) is 1. The highest BCUT2D eigenvalue weighted by Crippen LogP contribution is 2.50. The van der Waals surface area contributed by atoms with Gasteiger partial charge in [0.15, 0.2) is 5.78 Å². The predicted octanol–water partition coefficient (Wildman–Crippen LogP) is 2.77. The normalized spacial score (nSPS) is 14.9. The van der Waals surface area contributed by atoms with Crippen LogP contribution in [-0.2, 0) is 0 Å². The average Bonchev–Trinajstić information content (AvgIpc) is 3.13. The smallest absolute Gasteiger partial charge is 0.174 e. The zero-order chi connectivity index (χ0) is 14.0. The number of hydrogen-bond acceptors (Lipinski definition) is 5. The molecule has 1 aromatic heterocycles. The van der Waals surface area contributed by atoms with Crippen molar-refractivity contribution in [3.8, 4) is 0 Å². The largest absolute Gasteiger partial charge is 0.397 e. The van der Waals surface area contributed by atoms with Gasteiger partial charge < -0.3 is 16.0 Å². The molecule has 0 unspecified atom stereocenters. The maximum absolute atomic E-state index is 11.9. The molecule has 1 saturated carbocycles. The minimum absolute atomic E-state index is 0.157. The lowest BCUT2D eigenvalue weighted by Crippen LogP contribution is -2.20. The van der Waals surface area contributed by atoms with Gasteiger partial charge in [-0.25, -0.2) is 0 Å². The Hall–Kier alpha value is -1.07. The predicted molar refractivity (Wildman–Crippen MR) is 82.4 cm³/mol. The molecule has 0 atom stereocenters. The molecule has 1 aliphatic rings. The molecule has 0 bridgehead atoms. The van der Waals surface area contributed by atoms with Gasteiger partial charge in [0.2, 0.25) is 0 Å². The summed E-state index contributed by atoms with van der Waals surface area (Å²) in [5, 5.41) is 4.56. The SMILES string of the molecule is CCC(=O)c1sc(NCCN(C)C)c(C2CC2)c1N. The van der Waals surface area contributed by atoms with Crippen molar-refractivity contribution in [2.75, 3.05) is 38.2 Å². The second-order valence-corrected chi connectivity index (χ2v) is 6.39. The maximum Gasteiger partial charge on any atom is 0.174 e. The van der Waals surface area contributed by atoms with Crippen LogP contribution in [0.15, 0.2) is 0 Å². The lowest BCUT2D eigenvalue weighted by molar-refractivity contribution is 0.0993. The molecule has 4 nitrogen and oxygen atoms in total. The molecule has 1 fully saturated rings. The Morgan fingerprint density at radius 2 is 2.16 bits per heavy atom. The second-order valence-electron chi connectivity index (χ2n) is 5.37. The zero-order valence-electron chi connectivity index (χ0n) is 12.0. The molecule has 1 aliphatic carbocycles. The second kappa shape index (κ2) is 5.92. The molecule has 106 valence electrons. The summed E-state index contributed by atoms with van der Waals surface area (Å²) in [5.41, 5.74) is 8.12. The lowest BCUT2D eigenvalue weighted by atomic mass is 10.1. The van der Waals surface area contributed by atoms with Gasteiger partial charge in [-0.1, -0.05) is 6.92 Å². The molecule has 2 rings (SSSR count). The number of nitrogen functional groups attached to an aromatic ring is 1. The van der Waals surface area contributed by atoms with Crippen molar-refractivity contribution in [2.24, 2.45) is 0 Å². The topological polar surface area (TPSA) is 58.4 Å². The summed E-state index contributed by atoms with van der Waals surface area (Å²) in [6, 6.07) is 0. The van der Waals surface area contributed by atoms with Gasteiger partial charge in [-0.05, 0) is 32.9 Å². The van der Waals surface area contributed by atoms with E-state index in [0.29, 0.717) is 12.3 Å². The molecule has 0 amide bonds. The fraction of sp³-hybridized carbons (Fsp3) is 0.643. The lowest BCUT2D eigenvalue weighted by Gasteiger charge is -2.11. The summed E-state index contributed by atoms with van der Waals surface area (Å²) in [7, 11) is 4.11.